The number of nitrogens with two attached hydrogens (primary N) is 1. The van der Waals surface area contributed by atoms with Gasteiger partial charge in [-0.3, -0.25) is 4.79 Å². The Kier molecular flexibility index (Phi) is 5.98. The van der Waals surface area contributed by atoms with E-state index >= 15 is 0 Å². The second kappa shape index (κ2) is 7.26. The van der Waals surface area contributed by atoms with Gasteiger partial charge in [0.25, 0.3) is 0 Å². The minimum Gasteiger partial charge on any atom is -0.490 e. The molecule has 112 valence electrons. The highest BCUT2D eigenvalue weighted by atomic mass is 16.5. The number of carbonyl (C=O) groups is 1. The predicted octanol–water partition coefficient (Wildman–Crippen LogP) is 1.27. The van der Waals surface area contributed by atoms with Gasteiger partial charge in [-0.05, 0) is 31.9 Å². The molecule has 0 aliphatic rings. The minimum absolute atomic E-state index is 0.0610. The monoisotopic (exact) mass is 281 g/mol. The number of hydrogen-bond donors (Lipinski definition) is 2. The molecule has 2 atom stereocenters. The number of benzene rings is 1. The Hall–Kier alpha value is -1.59. The summed E-state index contributed by atoms with van der Waals surface area (Å²) in [4.78, 5) is 11.6. The average Bonchev–Trinajstić information content (AvgIpc) is 2.39. The van der Waals surface area contributed by atoms with Gasteiger partial charge in [-0.1, -0.05) is 18.2 Å². The fourth-order valence-electron chi connectivity index (χ4n) is 2.12. The summed E-state index contributed by atoms with van der Waals surface area (Å²) in [6.45, 7) is 3.54. The second-order valence-electron chi connectivity index (χ2n) is 5.12. The lowest BCUT2D eigenvalue weighted by molar-refractivity contribution is -0.147. The first-order chi connectivity index (χ1) is 9.40. The van der Waals surface area contributed by atoms with Crippen LogP contribution in [0.3, 0.4) is 0 Å². The predicted molar refractivity (Wildman–Crippen MR) is 76.5 cm³/mol. The zero-order chi connectivity index (χ0) is 15.2. The maximum absolute atomic E-state index is 11.6. The molecule has 0 aliphatic heterocycles. The Labute approximate surface area is 119 Å². The van der Waals surface area contributed by atoms with Crippen molar-refractivity contribution in [2.75, 3.05) is 13.7 Å². The molecule has 2 unspecified atom stereocenters. The van der Waals surface area contributed by atoms with E-state index in [1.165, 1.54) is 7.11 Å². The molecule has 0 aromatic heterocycles. The number of carbonyl (C=O) groups excluding carboxylic acids is 1. The first kappa shape index (κ1) is 16.5. The van der Waals surface area contributed by atoms with Crippen molar-refractivity contribution in [2.45, 2.75) is 38.3 Å². The zero-order valence-electron chi connectivity index (χ0n) is 12.3. The minimum atomic E-state index is -1.08. The molecule has 0 amide bonds. The third kappa shape index (κ3) is 4.51. The van der Waals surface area contributed by atoms with Crippen LogP contribution in [-0.4, -0.2) is 36.4 Å². The molecule has 0 bridgehead atoms. The molecule has 5 heteroatoms. The topological polar surface area (TPSA) is 81.8 Å². The molecule has 0 saturated heterocycles. The van der Waals surface area contributed by atoms with Crippen LogP contribution < -0.4 is 10.5 Å². The Morgan fingerprint density at radius 2 is 2.10 bits per heavy atom. The molecule has 0 aliphatic carbocycles. The van der Waals surface area contributed by atoms with Crippen LogP contribution in [0.4, 0.5) is 0 Å². The summed E-state index contributed by atoms with van der Waals surface area (Å²) < 4.78 is 10.5. The molecule has 1 rings (SSSR count). The third-order valence-corrected chi connectivity index (χ3v) is 3.05. The number of aliphatic hydroxyl groups is 1. The molecule has 3 N–H and O–H groups in total. The van der Waals surface area contributed by atoms with Gasteiger partial charge in [-0.2, -0.15) is 0 Å². The molecular weight excluding hydrogens is 258 g/mol. The Morgan fingerprint density at radius 1 is 1.45 bits per heavy atom. The van der Waals surface area contributed by atoms with E-state index in [2.05, 4.69) is 4.74 Å². The molecule has 0 radical (unpaired) electrons. The second-order valence-corrected chi connectivity index (χ2v) is 5.12. The highest BCUT2D eigenvalue weighted by Gasteiger charge is 2.32. The van der Waals surface area contributed by atoms with Crippen molar-refractivity contribution >= 4 is 5.97 Å². The van der Waals surface area contributed by atoms with Gasteiger partial charge < -0.3 is 20.3 Å². The van der Waals surface area contributed by atoms with Crippen molar-refractivity contribution in [3.63, 3.8) is 0 Å². The summed E-state index contributed by atoms with van der Waals surface area (Å²) >= 11 is 0. The number of rotatable bonds is 7. The normalized spacial score (nSPS) is 15.2. The van der Waals surface area contributed by atoms with Crippen molar-refractivity contribution in [1.82, 2.24) is 0 Å². The molecular formula is C15H23NO4. The van der Waals surface area contributed by atoms with E-state index < -0.39 is 11.5 Å². The van der Waals surface area contributed by atoms with Crippen molar-refractivity contribution in [3.05, 3.63) is 29.8 Å². The van der Waals surface area contributed by atoms with Crippen molar-refractivity contribution in [2.24, 2.45) is 5.73 Å². The molecule has 0 saturated carbocycles. The Bertz CT molecular complexity index is 445. The van der Waals surface area contributed by atoms with E-state index in [4.69, 9.17) is 15.6 Å². The Balaban J connectivity index is 2.71. The van der Waals surface area contributed by atoms with E-state index in [1.807, 2.05) is 31.2 Å². The summed E-state index contributed by atoms with van der Waals surface area (Å²) in [7, 11) is 1.31. The van der Waals surface area contributed by atoms with Crippen LogP contribution in [0.1, 0.15) is 25.8 Å². The van der Waals surface area contributed by atoms with Crippen LogP contribution in [0.25, 0.3) is 0 Å². The quantitative estimate of drug-likeness (QED) is 0.736. The van der Waals surface area contributed by atoms with Crippen LogP contribution in [0, 0.1) is 0 Å². The average molecular weight is 281 g/mol. The van der Waals surface area contributed by atoms with Gasteiger partial charge >= 0.3 is 5.97 Å². The summed E-state index contributed by atoms with van der Waals surface area (Å²) in [5.41, 5.74) is 5.77. The van der Waals surface area contributed by atoms with Gasteiger partial charge in [0.05, 0.1) is 13.2 Å². The largest absolute Gasteiger partial charge is 0.490 e. The summed E-state index contributed by atoms with van der Waals surface area (Å²) in [5, 5.41) is 9.03. The fraction of sp³-hybridized carbons (Fsp3) is 0.533. The number of hydrogen-bond acceptors (Lipinski definition) is 5. The smallest absolute Gasteiger partial charge is 0.325 e. The lowest BCUT2D eigenvalue weighted by atomic mass is 9.96. The van der Waals surface area contributed by atoms with Gasteiger partial charge in [0.15, 0.2) is 0 Å². The maximum Gasteiger partial charge on any atom is 0.325 e. The molecule has 0 spiro atoms. The van der Waals surface area contributed by atoms with E-state index in [0.29, 0.717) is 18.6 Å². The summed E-state index contributed by atoms with van der Waals surface area (Å²) in [6, 6.07) is 7.50. The van der Waals surface area contributed by atoms with Crippen LogP contribution in [0.15, 0.2) is 24.3 Å². The number of esters is 1. The van der Waals surface area contributed by atoms with Gasteiger partial charge in [0.2, 0.25) is 0 Å². The van der Waals surface area contributed by atoms with Crippen LogP contribution in [0.2, 0.25) is 0 Å². The number of para-hydroxylation sites is 1. The number of methoxy groups -OCH3 is 1. The van der Waals surface area contributed by atoms with Gasteiger partial charge in [-0.15, -0.1) is 0 Å². The van der Waals surface area contributed by atoms with Crippen LogP contribution in [0.5, 0.6) is 5.75 Å². The van der Waals surface area contributed by atoms with Crippen molar-refractivity contribution < 1.29 is 19.4 Å². The molecule has 1 aromatic carbocycles. The first-order valence-electron chi connectivity index (χ1n) is 6.63. The van der Waals surface area contributed by atoms with Crippen molar-refractivity contribution in [1.29, 1.82) is 0 Å². The van der Waals surface area contributed by atoms with Gasteiger partial charge in [-0.25, -0.2) is 0 Å². The number of ether oxygens (including phenoxy) is 2. The van der Waals surface area contributed by atoms with E-state index in [9.17, 15) is 4.79 Å². The van der Waals surface area contributed by atoms with E-state index in [0.717, 1.165) is 5.56 Å². The van der Waals surface area contributed by atoms with Crippen LogP contribution >= 0.6 is 0 Å². The first-order valence-corrected chi connectivity index (χ1v) is 6.63. The molecule has 20 heavy (non-hydrogen) atoms. The van der Waals surface area contributed by atoms with E-state index in [-0.39, 0.29) is 12.7 Å². The highest BCUT2D eigenvalue weighted by Crippen LogP contribution is 2.22. The Morgan fingerprint density at radius 3 is 2.70 bits per heavy atom. The molecule has 1 aromatic rings. The molecule has 5 nitrogen and oxygen atoms in total. The number of aliphatic hydroxyl groups excluding tert-OH is 1. The SMILES string of the molecule is COC(=O)C(C)(N)CC(C)Oc1ccccc1CCO. The van der Waals surface area contributed by atoms with Gasteiger partial charge in [0, 0.05) is 13.0 Å². The standard InChI is InChI=1S/C15H23NO4/c1-11(10-15(2,16)14(18)19-3)20-13-7-5-4-6-12(13)8-9-17/h4-7,11,17H,8-10,16H2,1-3H3. The van der Waals surface area contributed by atoms with E-state index in [1.54, 1.807) is 6.92 Å². The van der Waals surface area contributed by atoms with Gasteiger partial charge in [0.1, 0.15) is 11.3 Å². The lowest BCUT2D eigenvalue weighted by Crippen LogP contribution is -2.48. The maximum atomic E-state index is 11.6. The summed E-state index contributed by atoms with van der Waals surface area (Å²) in [5.74, 6) is 0.242. The fourth-order valence-corrected chi connectivity index (χ4v) is 2.12. The lowest BCUT2D eigenvalue weighted by Gasteiger charge is -2.26. The third-order valence-electron chi connectivity index (χ3n) is 3.05. The summed E-state index contributed by atoms with van der Waals surface area (Å²) in [6.07, 6.45) is 0.622. The zero-order valence-corrected chi connectivity index (χ0v) is 12.3. The molecule has 0 heterocycles. The van der Waals surface area contributed by atoms with Crippen LogP contribution in [-0.2, 0) is 16.0 Å². The highest BCUT2D eigenvalue weighted by molar-refractivity contribution is 5.79. The molecule has 0 fully saturated rings. The van der Waals surface area contributed by atoms with Crippen molar-refractivity contribution in [3.8, 4) is 5.75 Å².